The van der Waals surface area contributed by atoms with E-state index >= 15 is 0 Å². The number of halogens is 1. The molecule has 47 heavy (non-hydrogen) atoms. The molecule has 9 heteroatoms. The van der Waals surface area contributed by atoms with Gasteiger partial charge in [-0.2, -0.15) is 0 Å². The standard InChI is InChI=1S/C38H32ClN3O4S/c1-2-46-34-20-12-11-19-32(34)41-38(45)35(26-13-5-3-6-14-26)47-30-23-21-29(22-24-30)40-37(44)33(25-28-17-9-10-18-31(28)39)42-36(43)27-15-7-4-8-16-27/h3-25,35H,2H2,1H3,(H,40,44)(H,41,45)(H,42,43)/b33-25-. The predicted octanol–water partition coefficient (Wildman–Crippen LogP) is 8.62. The van der Waals surface area contributed by atoms with Crippen molar-refractivity contribution in [1.82, 2.24) is 5.32 Å². The van der Waals surface area contributed by atoms with Gasteiger partial charge in [0.05, 0.1) is 12.3 Å². The van der Waals surface area contributed by atoms with Crippen molar-refractivity contribution < 1.29 is 19.1 Å². The van der Waals surface area contributed by atoms with Crippen LogP contribution >= 0.6 is 23.4 Å². The number of nitrogens with one attached hydrogen (secondary N) is 3. The van der Waals surface area contributed by atoms with Crippen LogP contribution in [0.25, 0.3) is 6.08 Å². The van der Waals surface area contributed by atoms with Crippen LogP contribution in [-0.4, -0.2) is 24.3 Å². The average Bonchev–Trinajstić information content (AvgIpc) is 3.10. The second-order valence-corrected chi connectivity index (χ2v) is 11.8. The van der Waals surface area contributed by atoms with Crippen LogP contribution in [0.5, 0.6) is 5.75 Å². The molecule has 0 spiro atoms. The van der Waals surface area contributed by atoms with Crippen LogP contribution in [0.3, 0.4) is 0 Å². The Bertz CT molecular complexity index is 1870. The Morgan fingerprint density at radius 1 is 0.766 bits per heavy atom. The summed E-state index contributed by atoms with van der Waals surface area (Å²) in [7, 11) is 0. The van der Waals surface area contributed by atoms with Crippen LogP contribution < -0.4 is 20.7 Å². The third-order valence-electron chi connectivity index (χ3n) is 6.89. The lowest BCUT2D eigenvalue weighted by atomic mass is 10.1. The fourth-order valence-corrected chi connectivity index (χ4v) is 5.81. The number of para-hydroxylation sites is 2. The molecule has 5 aromatic carbocycles. The molecule has 5 rings (SSSR count). The first-order chi connectivity index (χ1) is 22.9. The number of ether oxygens (including phenoxy) is 1. The van der Waals surface area contributed by atoms with Crippen LogP contribution in [0.1, 0.15) is 33.7 Å². The minimum atomic E-state index is -0.565. The first-order valence-corrected chi connectivity index (χ1v) is 16.2. The number of amides is 3. The number of hydrogen-bond acceptors (Lipinski definition) is 5. The van der Waals surface area contributed by atoms with Gasteiger partial charge in [-0.05, 0) is 78.7 Å². The quantitative estimate of drug-likeness (QED) is 0.0919. The monoisotopic (exact) mass is 661 g/mol. The van der Waals surface area contributed by atoms with E-state index in [-0.39, 0.29) is 11.6 Å². The van der Waals surface area contributed by atoms with Gasteiger partial charge in [-0.1, -0.05) is 90.5 Å². The molecule has 236 valence electrons. The summed E-state index contributed by atoms with van der Waals surface area (Å²) in [6.07, 6.45) is 1.54. The Hall–Kier alpha value is -5.31. The third-order valence-corrected chi connectivity index (χ3v) is 8.50. The van der Waals surface area contributed by atoms with Crippen molar-refractivity contribution in [2.45, 2.75) is 17.1 Å². The number of benzene rings is 5. The van der Waals surface area contributed by atoms with Gasteiger partial charge in [0.15, 0.2) is 0 Å². The SMILES string of the molecule is CCOc1ccccc1NC(=O)C(Sc1ccc(NC(=O)/C(=C/c2ccccc2Cl)NC(=O)c2ccccc2)cc1)c1ccccc1. The molecule has 1 atom stereocenters. The minimum absolute atomic E-state index is 0.0264. The smallest absolute Gasteiger partial charge is 0.272 e. The van der Waals surface area contributed by atoms with Crippen LogP contribution in [0.4, 0.5) is 11.4 Å². The average molecular weight is 662 g/mol. The highest BCUT2D eigenvalue weighted by molar-refractivity contribution is 8.00. The van der Waals surface area contributed by atoms with Crippen LogP contribution in [0, 0.1) is 0 Å². The highest BCUT2D eigenvalue weighted by atomic mass is 35.5. The van der Waals surface area contributed by atoms with Crippen molar-refractivity contribution in [2.75, 3.05) is 17.2 Å². The number of anilines is 2. The molecule has 7 nitrogen and oxygen atoms in total. The number of thioether (sulfide) groups is 1. The molecule has 0 aliphatic heterocycles. The summed E-state index contributed by atoms with van der Waals surface area (Å²) in [5.41, 5.74) is 2.95. The molecule has 3 N–H and O–H groups in total. The van der Waals surface area contributed by atoms with E-state index in [0.717, 1.165) is 10.5 Å². The topological polar surface area (TPSA) is 96.5 Å². The van der Waals surface area contributed by atoms with Gasteiger partial charge in [0, 0.05) is 21.2 Å². The summed E-state index contributed by atoms with van der Waals surface area (Å²) in [6.45, 7) is 2.37. The molecule has 0 aliphatic rings. The highest BCUT2D eigenvalue weighted by Crippen LogP contribution is 2.37. The molecule has 0 bridgehead atoms. The van der Waals surface area contributed by atoms with Gasteiger partial charge in [-0.25, -0.2) is 0 Å². The van der Waals surface area contributed by atoms with Crippen molar-refractivity contribution in [3.8, 4) is 5.75 Å². The van der Waals surface area contributed by atoms with Gasteiger partial charge in [0.1, 0.15) is 16.7 Å². The van der Waals surface area contributed by atoms with Gasteiger partial charge < -0.3 is 20.7 Å². The summed E-state index contributed by atoms with van der Waals surface area (Å²) in [4.78, 5) is 40.9. The van der Waals surface area contributed by atoms with Crippen LogP contribution in [-0.2, 0) is 9.59 Å². The molecule has 5 aromatic rings. The zero-order valence-electron chi connectivity index (χ0n) is 25.5. The van der Waals surface area contributed by atoms with Gasteiger partial charge in [0.25, 0.3) is 11.8 Å². The maximum Gasteiger partial charge on any atom is 0.272 e. The van der Waals surface area contributed by atoms with E-state index in [1.807, 2.05) is 79.7 Å². The maximum atomic E-state index is 13.6. The zero-order chi connectivity index (χ0) is 33.0. The van der Waals surface area contributed by atoms with Crippen LogP contribution in [0.2, 0.25) is 5.02 Å². The lowest BCUT2D eigenvalue weighted by Gasteiger charge is -2.19. The number of carbonyl (C=O) groups is 3. The van der Waals surface area contributed by atoms with Crippen molar-refractivity contribution in [1.29, 1.82) is 0 Å². The van der Waals surface area contributed by atoms with Crippen molar-refractivity contribution in [3.05, 3.63) is 161 Å². The van der Waals surface area contributed by atoms with Crippen molar-refractivity contribution in [2.24, 2.45) is 0 Å². The number of rotatable bonds is 12. The van der Waals surface area contributed by atoms with Gasteiger partial charge in [-0.3, -0.25) is 14.4 Å². The molecular formula is C38H32ClN3O4S. The molecule has 0 heterocycles. The Morgan fingerprint density at radius 2 is 1.40 bits per heavy atom. The van der Waals surface area contributed by atoms with E-state index in [1.54, 1.807) is 60.7 Å². The fourth-order valence-electron chi connectivity index (χ4n) is 4.59. The largest absolute Gasteiger partial charge is 0.492 e. The fraction of sp³-hybridized carbons (Fsp3) is 0.0789. The van der Waals surface area contributed by atoms with Crippen molar-refractivity contribution in [3.63, 3.8) is 0 Å². The molecule has 0 saturated heterocycles. The van der Waals surface area contributed by atoms with Crippen LogP contribution in [0.15, 0.2) is 144 Å². The summed E-state index contributed by atoms with van der Waals surface area (Å²) in [6, 6.07) is 39.7. The second kappa shape index (κ2) is 16.3. The Balaban J connectivity index is 1.33. The van der Waals surface area contributed by atoms with E-state index in [1.165, 1.54) is 17.8 Å². The van der Waals surface area contributed by atoms with Gasteiger partial charge in [0.2, 0.25) is 5.91 Å². The van der Waals surface area contributed by atoms with E-state index in [9.17, 15) is 14.4 Å². The van der Waals surface area contributed by atoms with E-state index in [4.69, 9.17) is 16.3 Å². The first kappa shape index (κ1) is 33.1. The molecule has 0 saturated carbocycles. The lowest BCUT2D eigenvalue weighted by molar-refractivity contribution is -0.116. The predicted molar refractivity (Wildman–Crippen MR) is 190 cm³/mol. The second-order valence-electron chi connectivity index (χ2n) is 10.2. The molecular weight excluding hydrogens is 630 g/mol. The molecule has 0 fully saturated rings. The zero-order valence-corrected chi connectivity index (χ0v) is 27.1. The number of hydrogen-bond donors (Lipinski definition) is 3. The third kappa shape index (κ3) is 9.13. The normalized spacial score (nSPS) is 11.7. The Labute approximate surface area is 283 Å². The minimum Gasteiger partial charge on any atom is -0.492 e. The molecule has 3 amide bonds. The van der Waals surface area contributed by atoms with Gasteiger partial charge >= 0.3 is 0 Å². The van der Waals surface area contributed by atoms with E-state index in [0.29, 0.717) is 39.9 Å². The molecule has 1 unspecified atom stereocenters. The van der Waals surface area contributed by atoms with E-state index in [2.05, 4.69) is 16.0 Å². The summed E-state index contributed by atoms with van der Waals surface area (Å²) in [5.74, 6) is -0.554. The van der Waals surface area contributed by atoms with Gasteiger partial charge in [-0.15, -0.1) is 11.8 Å². The summed E-state index contributed by atoms with van der Waals surface area (Å²) >= 11 is 7.74. The summed E-state index contributed by atoms with van der Waals surface area (Å²) in [5, 5.41) is 8.47. The Kier molecular flexibility index (Phi) is 11.5. The van der Waals surface area contributed by atoms with Crippen molar-refractivity contribution >= 4 is 58.5 Å². The highest BCUT2D eigenvalue weighted by Gasteiger charge is 2.23. The lowest BCUT2D eigenvalue weighted by Crippen LogP contribution is -2.30. The molecule has 0 aromatic heterocycles. The first-order valence-electron chi connectivity index (χ1n) is 14.9. The molecule has 0 radical (unpaired) electrons. The van der Waals surface area contributed by atoms with E-state index < -0.39 is 17.1 Å². The number of carbonyl (C=O) groups excluding carboxylic acids is 3. The Morgan fingerprint density at radius 3 is 2.11 bits per heavy atom. The molecule has 0 aliphatic carbocycles. The summed E-state index contributed by atoms with van der Waals surface area (Å²) < 4.78 is 5.70. The maximum absolute atomic E-state index is 13.6.